The third-order valence-electron chi connectivity index (χ3n) is 3.94. The summed E-state index contributed by atoms with van der Waals surface area (Å²) in [6, 6.07) is 6.84. The Hall–Kier alpha value is -1.06. The van der Waals surface area contributed by atoms with E-state index in [-0.39, 0.29) is 6.04 Å². The minimum atomic E-state index is 0.113. The minimum absolute atomic E-state index is 0.113. The maximum Gasteiger partial charge on any atom is 0.119 e. The maximum absolute atomic E-state index is 6.42. The van der Waals surface area contributed by atoms with Crippen LogP contribution >= 0.6 is 0 Å². The summed E-state index contributed by atoms with van der Waals surface area (Å²) in [6.07, 6.45) is 2.24. The second-order valence-electron chi connectivity index (χ2n) is 4.99. The zero-order chi connectivity index (χ0) is 13.1. The van der Waals surface area contributed by atoms with Crippen LogP contribution in [0.25, 0.3) is 0 Å². The zero-order valence-electron chi connectivity index (χ0n) is 11.6. The largest absolute Gasteiger partial charge is 0.497 e. The van der Waals surface area contributed by atoms with Crippen molar-refractivity contribution in [2.75, 3.05) is 20.2 Å². The van der Waals surface area contributed by atoms with E-state index in [9.17, 15) is 0 Å². The topological polar surface area (TPSA) is 38.5 Å². The SMILES string of the molecule is CCCN(CC)C1Cc2ccc(OC)cc2C1N. The Morgan fingerprint density at radius 3 is 2.78 bits per heavy atom. The van der Waals surface area contributed by atoms with Crippen molar-refractivity contribution in [1.82, 2.24) is 4.90 Å². The van der Waals surface area contributed by atoms with E-state index in [1.807, 2.05) is 6.07 Å². The second kappa shape index (κ2) is 5.72. The minimum Gasteiger partial charge on any atom is -0.497 e. The highest BCUT2D eigenvalue weighted by atomic mass is 16.5. The van der Waals surface area contributed by atoms with Gasteiger partial charge in [0.1, 0.15) is 5.75 Å². The van der Waals surface area contributed by atoms with Gasteiger partial charge in [0.25, 0.3) is 0 Å². The smallest absolute Gasteiger partial charge is 0.119 e. The number of nitrogens with zero attached hydrogens (tertiary/aromatic N) is 1. The summed E-state index contributed by atoms with van der Waals surface area (Å²) in [5.74, 6) is 0.906. The molecule has 0 spiro atoms. The molecule has 18 heavy (non-hydrogen) atoms. The number of benzene rings is 1. The molecule has 0 fully saturated rings. The van der Waals surface area contributed by atoms with Crippen molar-refractivity contribution < 1.29 is 4.74 Å². The summed E-state index contributed by atoms with van der Waals surface area (Å²) in [6.45, 7) is 6.63. The first-order chi connectivity index (χ1) is 8.71. The van der Waals surface area contributed by atoms with E-state index in [0.29, 0.717) is 6.04 Å². The fourth-order valence-corrected chi connectivity index (χ4v) is 2.96. The van der Waals surface area contributed by atoms with Crippen LogP contribution in [0.1, 0.15) is 37.4 Å². The van der Waals surface area contributed by atoms with Crippen molar-refractivity contribution in [3.63, 3.8) is 0 Å². The molecule has 0 amide bonds. The number of likely N-dealkylation sites (N-methyl/N-ethyl adjacent to an activating group) is 1. The normalized spacial score (nSPS) is 22.3. The third kappa shape index (κ3) is 2.38. The summed E-state index contributed by atoms with van der Waals surface area (Å²) in [7, 11) is 1.70. The Labute approximate surface area is 110 Å². The number of fused-ring (bicyclic) bond motifs is 1. The fourth-order valence-electron chi connectivity index (χ4n) is 2.96. The van der Waals surface area contributed by atoms with Gasteiger partial charge in [0.05, 0.1) is 7.11 Å². The molecule has 0 radical (unpaired) electrons. The van der Waals surface area contributed by atoms with Crippen LogP contribution in [0.4, 0.5) is 0 Å². The highest BCUT2D eigenvalue weighted by Gasteiger charge is 2.33. The molecular formula is C15H24N2O. The van der Waals surface area contributed by atoms with Crippen LogP contribution in [-0.4, -0.2) is 31.1 Å². The van der Waals surface area contributed by atoms with Crippen molar-refractivity contribution in [2.45, 2.75) is 38.8 Å². The average Bonchev–Trinajstić information content (AvgIpc) is 2.73. The van der Waals surface area contributed by atoms with Gasteiger partial charge < -0.3 is 10.5 Å². The first-order valence-corrected chi connectivity index (χ1v) is 6.87. The van der Waals surface area contributed by atoms with Gasteiger partial charge in [0.2, 0.25) is 0 Å². The molecule has 1 aliphatic carbocycles. The Balaban J connectivity index is 2.21. The maximum atomic E-state index is 6.42. The Morgan fingerprint density at radius 1 is 1.39 bits per heavy atom. The van der Waals surface area contributed by atoms with Crippen LogP contribution < -0.4 is 10.5 Å². The monoisotopic (exact) mass is 248 g/mol. The fraction of sp³-hybridized carbons (Fsp3) is 0.600. The molecular weight excluding hydrogens is 224 g/mol. The van der Waals surface area contributed by atoms with Crippen LogP contribution in [-0.2, 0) is 6.42 Å². The van der Waals surface area contributed by atoms with Crippen molar-refractivity contribution in [3.05, 3.63) is 29.3 Å². The molecule has 2 atom stereocenters. The summed E-state index contributed by atoms with van der Waals surface area (Å²) in [4.78, 5) is 2.50. The first-order valence-electron chi connectivity index (χ1n) is 6.87. The Bertz CT molecular complexity index is 405. The number of hydrogen-bond acceptors (Lipinski definition) is 3. The molecule has 0 bridgehead atoms. The second-order valence-corrected chi connectivity index (χ2v) is 4.99. The highest BCUT2D eigenvalue weighted by Crippen LogP contribution is 2.35. The molecule has 100 valence electrons. The molecule has 1 aromatic rings. The van der Waals surface area contributed by atoms with Crippen LogP contribution in [0.2, 0.25) is 0 Å². The third-order valence-corrected chi connectivity index (χ3v) is 3.94. The molecule has 1 aromatic carbocycles. The lowest BCUT2D eigenvalue weighted by Gasteiger charge is -2.30. The van der Waals surface area contributed by atoms with Gasteiger partial charge in [-0.3, -0.25) is 4.90 Å². The average molecular weight is 248 g/mol. The van der Waals surface area contributed by atoms with E-state index in [4.69, 9.17) is 10.5 Å². The summed E-state index contributed by atoms with van der Waals surface area (Å²) < 4.78 is 5.29. The standard InChI is InChI=1S/C15H24N2O/c1-4-8-17(5-2)14-9-11-6-7-12(18-3)10-13(11)15(14)16/h6-7,10,14-15H,4-5,8-9,16H2,1-3H3. The molecule has 3 heteroatoms. The number of nitrogens with two attached hydrogens (primary N) is 1. The van der Waals surface area contributed by atoms with Crippen molar-refractivity contribution in [1.29, 1.82) is 0 Å². The number of rotatable bonds is 5. The van der Waals surface area contributed by atoms with Crippen LogP contribution in [0.15, 0.2) is 18.2 Å². The van der Waals surface area contributed by atoms with Gasteiger partial charge in [-0.05, 0) is 49.2 Å². The van der Waals surface area contributed by atoms with E-state index in [1.165, 1.54) is 17.5 Å². The van der Waals surface area contributed by atoms with Gasteiger partial charge in [-0.1, -0.05) is 19.9 Å². The van der Waals surface area contributed by atoms with E-state index < -0.39 is 0 Å². The lowest BCUT2D eigenvalue weighted by atomic mass is 10.1. The van der Waals surface area contributed by atoms with E-state index in [1.54, 1.807) is 7.11 Å². The van der Waals surface area contributed by atoms with Crippen LogP contribution in [0.3, 0.4) is 0 Å². The van der Waals surface area contributed by atoms with E-state index in [0.717, 1.165) is 25.3 Å². The Morgan fingerprint density at radius 2 is 2.17 bits per heavy atom. The molecule has 2 N–H and O–H groups in total. The zero-order valence-corrected chi connectivity index (χ0v) is 11.6. The lowest BCUT2D eigenvalue weighted by molar-refractivity contribution is 0.189. The van der Waals surface area contributed by atoms with Crippen molar-refractivity contribution in [2.24, 2.45) is 5.73 Å². The summed E-state index contributed by atoms with van der Waals surface area (Å²) >= 11 is 0. The molecule has 0 aliphatic heterocycles. The summed E-state index contributed by atoms with van der Waals surface area (Å²) in [5.41, 5.74) is 9.06. The summed E-state index contributed by atoms with van der Waals surface area (Å²) in [5, 5.41) is 0. The highest BCUT2D eigenvalue weighted by molar-refractivity contribution is 5.42. The van der Waals surface area contributed by atoms with Gasteiger partial charge in [-0.25, -0.2) is 0 Å². The molecule has 0 saturated heterocycles. The van der Waals surface area contributed by atoms with Gasteiger partial charge in [0.15, 0.2) is 0 Å². The van der Waals surface area contributed by atoms with E-state index >= 15 is 0 Å². The van der Waals surface area contributed by atoms with Crippen molar-refractivity contribution in [3.8, 4) is 5.75 Å². The van der Waals surface area contributed by atoms with Gasteiger partial charge >= 0.3 is 0 Å². The quantitative estimate of drug-likeness (QED) is 0.869. The number of methoxy groups -OCH3 is 1. The molecule has 0 aromatic heterocycles. The lowest BCUT2D eigenvalue weighted by Crippen LogP contribution is -2.41. The predicted molar refractivity (Wildman–Crippen MR) is 75.0 cm³/mol. The predicted octanol–water partition coefficient (Wildman–Crippen LogP) is 2.35. The van der Waals surface area contributed by atoms with Gasteiger partial charge in [-0.15, -0.1) is 0 Å². The molecule has 1 aliphatic rings. The van der Waals surface area contributed by atoms with Gasteiger partial charge in [0, 0.05) is 12.1 Å². The Kier molecular flexibility index (Phi) is 4.25. The van der Waals surface area contributed by atoms with Gasteiger partial charge in [-0.2, -0.15) is 0 Å². The first kappa shape index (κ1) is 13.4. The van der Waals surface area contributed by atoms with Crippen molar-refractivity contribution >= 4 is 0 Å². The number of ether oxygens (including phenoxy) is 1. The number of hydrogen-bond donors (Lipinski definition) is 1. The van der Waals surface area contributed by atoms with E-state index in [2.05, 4.69) is 30.9 Å². The molecule has 2 unspecified atom stereocenters. The van der Waals surface area contributed by atoms with Crippen LogP contribution in [0, 0.1) is 0 Å². The molecule has 3 nitrogen and oxygen atoms in total. The molecule has 0 heterocycles. The molecule has 0 saturated carbocycles. The molecule has 2 rings (SSSR count). The van der Waals surface area contributed by atoms with Crippen LogP contribution in [0.5, 0.6) is 5.75 Å².